The molecule has 2 saturated heterocycles. The van der Waals surface area contributed by atoms with Crippen molar-refractivity contribution in [3.63, 3.8) is 0 Å². The Morgan fingerprint density at radius 3 is 2.59 bits per heavy atom. The number of pyridine rings is 1. The van der Waals surface area contributed by atoms with Crippen LogP contribution in [0.25, 0.3) is 17.0 Å². The SMILES string of the molecule is COc1ccc(CN2C(=O)/C(=C/c3cc4cc(C)ccc4nc3N3CCC(C(N)=O)CC3)SC2=S)cc1. The number of nitrogens with two attached hydrogens (primary N) is 1. The summed E-state index contributed by atoms with van der Waals surface area (Å²) >= 11 is 6.89. The zero-order chi connectivity index (χ0) is 26.1. The largest absolute Gasteiger partial charge is 0.497 e. The van der Waals surface area contributed by atoms with Gasteiger partial charge in [-0.2, -0.15) is 0 Å². The second kappa shape index (κ2) is 10.5. The van der Waals surface area contributed by atoms with E-state index in [0.717, 1.165) is 39.2 Å². The molecular weight excluding hydrogens is 504 g/mol. The molecule has 0 bridgehead atoms. The van der Waals surface area contributed by atoms with Crippen molar-refractivity contribution in [2.75, 3.05) is 25.1 Å². The van der Waals surface area contributed by atoms with E-state index in [1.165, 1.54) is 11.8 Å². The minimum atomic E-state index is -0.248. The molecule has 190 valence electrons. The fourth-order valence-electron chi connectivity index (χ4n) is 4.73. The Morgan fingerprint density at radius 2 is 1.92 bits per heavy atom. The van der Waals surface area contributed by atoms with Crippen molar-refractivity contribution in [2.45, 2.75) is 26.3 Å². The van der Waals surface area contributed by atoms with Crippen LogP contribution in [0.2, 0.25) is 0 Å². The number of primary amides is 1. The topological polar surface area (TPSA) is 88.8 Å². The lowest BCUT2D eigenvalue weighted by atomic mass is 9.96. The maximum atomic E-state index is 13.4. The predicted octanol–water partition coefficient (Wildman–Crippen LogP) is 4.65. The number of hydrogen-bond acceptors (Lipinski definition) is 7. The number of benzene rings is 2. The van der Waals surface area contributed by atoms with E-state index in [-0.39, 0.29) is 17.7 Å². The lowest BCUT2D eigenvalue weighted by Gasteiger charge is -2.32. The molecule has 3 heterocycles. The van der Waals surface area contributed by atoms with Crippen LogP contribution in [0.5, 0.6) is 5.75 Å². The first-order chi connectivity index (χ1) is 17.8. The Labute approximate surface area is 225 Å². The van der Waals surface area contributed by atoms with E-state index in [2.05, 4.69) is 17.0 Å². The summed E-state index contributed by atoms with van der Waals surface area (Å²) < 4.78 is 5.76. The minimum absolute atomic E-state index is 0.114. The van der Waals surface area contributed by atoms with E-state index in [1.807, 2.05) is 49.4 Å². The summed E-state index contributed by atoms with van der Waals surface area (Å²) in [6.07, 6.45) is 3.27. The van der Waals surface area contributed by atoms with Crippen molar-refractivity contribution in [1.82, 2.24) is 9.88 Å². The molecule has 2 aliphatic rings. The number of aryl methyl sites for hydroxylation is 1. The molecule has 0 saturated carbocycles. The van der Waals surface area contributed by atoms with Gasteiger partial charge in [-0.05, 0) is 61.7 Å². The van der Waals surface area contributed by atoms with Gasteiger partial charge in [-0.1, -0.05) is 47.7 Å². The molecule has 2 amide bonds. The van der Waals surface area contributed by atoms with Crippen LogP contribution < -0.4 is 15.4 Å². The number of rotatable bonds is 6. The molecule has 2 aliphatic heterocycles. The van der Waals surface area contributed by atoms with Gasteiger partial charge in [0, 0.05) is 30.0 Å². The number of anilines is 1. The number of thioether (sulfide) groups is 1. The van der Waals surface area contributed by atoms with Gasteiger partial charge in [0.05, 0.1) is 24.1 Å². The molecule has 5 rings (SSSR count). The molecule has 2 fully saturated rings. The monoisotopic (exact) mass is 532 g/mol. The van der Waals surface area contributed by atoms with Gasteiger partial charge in [-0.15, -0.1) is 0 Å². The average Bonchev–Trinajstić information content (AvgIpc) is 3.16. The normalized spacial score (nSPS) is 17.7. The van der Waals surface area contributed by atoms with E-state index in [9.17, 15) is 9.59 Å². The van der Waals surface area contributed by atoms with Gasteiger partial charge in [0.15, 0.2) is 0 Å². The van der Waals surface area contributed by atoms with Crippen molar-refractivity contribution >= 4 is 62.9 Å². The van der Waals surface area contributed by atoms with Crippen LogP contribution >= 0.6 is 24.0 Å². The van der Waals surface area contributed by atoms with E-state index < -0.39 is 0 Å². The summed E-state index contributed by atoms with van der Waals surface area (Å²) in [7, 11) is 1.62. The summed E-state index contributed by atoms with van der Waals surface area (Å²) in [4.78, 5) is 34.5. The van der Waals surface area contributed by atoms with Crippen molar-refractivity contribution < 1.29 is 14.3 Å². The van der Waals surface area contributed by atoms with Gasteiger partial charge >= 0.3 is 0 Å². The Kier molecular flexibility index (Phi) is 7.17. The molecule has 9 heteroatoms. The van der Waals surface area contributed by atoms with Crippen molar-refractivity contribution in [1.29, 1.82) is 0 Å². The van der Waals surface area contributed by atoms with Crippen LogP contribution in [-0.2, 0) is 16.1 Å². The fraction of sp³-hybridized carbons (Fsp3) is 0.286. The molecule has 0 spiro atoms. The van der Waals surface area contributed by atoms with Crippen LogP contribution in [0.3, 0.4) is 0 Å². The zero-order valence-corrected chi connectivity index (χ0v) is 22.4. The Balaban J connectivity index is 1.47. The quantitative estimate of drug-likeness (QED) is 0.365. The number of hydrogen-bond donors (Lipinski definition) is 1. The second-order valence-corrected chi connectivity index (χ2v) is 11.1. The smallest absolute Gasteiger partial charge is 0.266 e. The number of methoxy groups -OCH3 is 1. The maximum Gasteiger partial charge on any atom is 0.266 e. The third-order valence-corrected chi connectivity index (χ3v) is 8.21. The molecule has 3 aromatic rings. The average molecular weight is 533 g/mol. The highest BCUT2D eigenvalue weighted by Gasteiger charge is 2.33. The summed E-state index contributed by atoms with van der Waals surface area (Å²) in [5, 5.41) is 1.01. The summed E-state index contributed by atoms with van der Waals surface area (Å²) in [6.45, 7) is 3.80. The Hall–Kier alpha value is -3.43. The first kappa shape index (κ1) is 25.2. The van der Waals surface area contributed by atoms with Crippen LogP contribution in [-0.4, -0.2) is 46.2 Å². The molecule has 0 unspecified atom stereocenters. The van der Waals surface area contributed by atoms with E-state index in [4.69, 9.17) is 27.7 Å². The number of nitrogens with zero attached hydrogens (tertiary/aromatic N) is 3. The predicted molar refractivity (Wildman–Crippen MR) is 152 cm³/mol. The lowest BCUT2D eigenvalue weighted by Crippen LogP contribution is -2.39. The van der Waals surface area contributed by atoms with Crippen molar-refractivity contribution in [3.8, 4) is 5.75 Å². The number of fused-ring (bicyclic) bond motifs is 1. The molecule has 2 aromatic carbocycles. The van der Waals surface area contributed by atoms with Gasteiger partial charge in [0.25, 0.3) is 5.91 Å². The summed E-state index contributed by atoms with van der Waals surface area (Å²) in [5.41, 5.74) is 9.41. The first-order valence-corrected chi connectivity index (χ1v) is 13.4. The van der Waals surface area contributed by atoms with Crippen molar-refractivity contribution in [2.24, 2.45) is 11.7 Å². The third-order valence-electron chi connectivity index (χ3n) is 6.84. The number of piperidine rings is 1. The van der Waals surface area contributed by atoms with Gasteiger partial charge in [-0.25, -0.2) is 4.98 Å². The summed E-state index contributed by atoms with van der Waals surface area (Å²) in [6, 6.07) is 15.9. The first-order valence-electron chi connectivity index (χ1n) is 12.2. The highest BCUT2D eigenvalue weighted by molar-refractivity contribution is 8.26. The van der Waals surface area contributed by atoms with Crippen LogP contribution in [0.4, 0.5) is 5.82 Å². The number of aromatic nitrogens is 1. The molecule has 1 aromatic heterocycles. The number of carbonyl (C=O) groups excluding carboxylic acids is 2. The molecular formula is C28H28N4O3S2. The van der Waals surface area contributed by atoms with E-state index in [1.54, 1.807) is 12.0 Å². The zero-order valence-electron chi connectivity index (χ0n) is 20.8. The van der Waals surface area contributed by atoms with E-state index in [0.29, 0.717) is 41.7 Å². The van der Waals surface area contributed by atoms with Crippen LogP contribution in [0.15, 0.2) is 53.4 Å². The maximum absolute atomic E-state index is 13.4. The highest BCUT2D eigenvalue weighted by atomic mass is 32.2. The molecule has 0 aliphatic carbocycles. The number of amides is 2. The third kappa shape index (κ3) is 5.33. The second-order valence-electron chi connectivity index (χ2n) is 9.38. The molecule has 7 nitrogen and oxygen atoms in total. The number of ether oxygens (including phenoxy) is 1. The number of carbonyl (C=O) groups is 2. The molecule has 0 radical (unpaired) electrons. The van der Waals surface area contributed by atoms with E-state index >= 15 is 0 Å². The highest BCUT2D eigenvalue weighted by Crippen LogP contribution is 2.36. The Bertz CT molecular complexity index is 1410. The lowest BCUT2D eigenvalue weighted by molar-refractivity contribution is -0.123. The standard InChI is InChI=1S/C28H28N4O3S2/c1-17-3-8-23-20(13-17)14-21(26(30-23)31-11-9-19(10-12-31)25(29)33)15-24-27(34)32(28(36)37-24)16-18-4-6-22(35-2)7-5-18/h3-8,13-15,19H,9-12,16H2,1-2H3,(H2,29,33)/b24-15-. The minimum Gasteiger partial charge on any atom is -0.497 e. The molecule has 37 heavy (non-hydrogen) atoms. The van der Waals surface area contributed by atoms with Gasteiger partial charge < -0.3 is 15.4 Å². The molecule has 0 atom stereocenters. The van der Waals surface area contributed by atoms with Gasteiger partial charge in [-0.3, -0.25) is 14.5 Å². The van der Waals surface area contributed by atoms with Gasteiger partial charge in [0.2, 0.25) is 5.91 Å². The van der Waals surface area contributed by atoms with Gasteiger partial charge in [0.1, 0.15) is 15.9 Å². The Morgan fingerprint density at radius 1 is 1.19 bits per heavy atom. The fourth-order valence-corrected chi connectivity index (χ4v) is 5.97. The van der Waals surface area contributed by atoms with Crippen LogP contribution in [0, 0.1) is 12.8 Å². The van der Waals surface area contributed by atoms with Crippen molar-refractivity contribution in [3.05, 3.63) is 70.1 Å². The van der Waals surface area contributed by atoms with Crippen LogP contribution in [0.1, 0.15) is 29.5 Å². The summed E-state index contributed by atoms with van der Waals surface area (Å²) in [5.74, 6) is 1.09. The number of thiocarbonyl (C=S) groups is 1. The molecule has 2 N–H and O–H groups in total.